The molecule has 1 aromatic rings. The zero-order valence-electron chi connectivity index (χ0n) is 11.3. The standard InChI is InChI=1S/C14H22N2O2/c1-12(13-7-5-4-6-8-13)16(2)11-14(17)15-9-10-18-3/h4-8,12H,9-11H2,1-3H3,(H,15,17). The van der Waals surface area contributed by atoms with Crippen molar-refractivity contribution in [2.24, 2.45) is 0 Å². The molecule has 0 bridgehead atoms. The van der Waals surface area contributed by atoms with E-state index in [1.165, 1.54) is 5.56 Å². The second-order valence-electron chi connectivity index (χ2n) is 4.34. The third-order valence-electron chi connectivity index (χ3n) is 2.96. The van der Waals surface area contributed by atoms with Crippen LogP contribution in [0.5, 0.6) is 0 Å². The van der Waals surface area contributed by atoms with Crippen molar-refractivity contribution in [2.45, 2.75) is 13.0 Å². The maximum Gasteiger partial charge on any atom is 0.234 e. The van der Waals surface area contributed by atoms with Crippen LogP contribution in [0.2, 0.25) is 0 Å². The molecule has 0 aliphatic heterocycles. The van der Waals surface area contributed by atoms with Crippen LogP contribution in [0.3, 0.4) is 0 Å². The molecule has 0 aliphatic carbocycles. The number of hydrogen-bond acceptors (Lipinski definition) is 3. The number of hydrogen-bond donors (Lipinski definition) is 1. The number of rotatable bonds is 7. The van der Waals surface area contributed by atoms with Gasteiger partial charge in [-0.05, 0) is 19.5 Å². The minimum atomic E-state index is 0.0253. The van der Waals surface area contributed by atoms with Crippen LogP contribution in [-0.4, -0.2) is 44.7 Å². The van der Waals surface area contributed by atoms with E-state index in [1.54, 1.807) is 7.11 Å². The molecule has 1 N–H and O–H groups in total. The fourth-order valence-electron chi connectivity index (χ4n) is 1.70. The van der Waals surface area contributed by atoms with Gasteiger partial charge in [0.1, 0.15) is 0 Å². The van der Waals surface area contributed by atoms with Crippen LogP contribution in [-0.2, 0) is 9.53 Å². The van der Waals surface area contributed by atoms with E-state index in [4.69, 9.17) is 4.74 Å². The van der Waals surface area contributed by atoms with Crippen molar-refractivity contribution in [1.29, 1.82) is 0 Å². The number of benzene rings is 1. The van der Waals surface area contributed by atoms with Crippen molar-refractivity contribution in [1.82, 2.24) is 10.2 Å². The Bertz CT molecular complexity index is 354. The van der Waals surface area contributed by atoms with Crippen LogP contribution in [0.25, 0.3) is 0 Å². The summed E-state index contributed by atoms with van der Waals surface area (Å²) in [6.07, 6.45) is 0. The highest BCUT2D eigenvalue weighted by molar-refractivity contribution is 5.78. The van der Waals surface area contributed by atoms with E-state index in [1.807, 2.05) is 30.1 Å². The number of methoxy groups -OCH3 is 1. The van der Waals surface area contributed by atoms with E-state index in [-0.39, 0.29) is 11.9 Å². The van der Waals surface area contributed by atoms with Crippen molar-refractivity contribution in [3.05, 3.63) is 35.9 Å². The Balaban J connectivity index is 2.40. The first-order valence-corrected chi connectivity index (χ1v) is 6.16. The fraction of sp³-hybridized carbons (Fsp3) is 0.500. The van der Waals surface area contributed by atoms with Crippen LogP contribution < -0.4 is 5.32 Å². The lowest BCUT2D eigenvalue weighted by molar-refractivity contribution is -0.122. The summed E-state index contributed by atoms with van der Waals surface area (Å²) < 4.78 is 4.89. The van der Waals surface area contributed by atoms with Gasteiger partial charge in [-0.15, -0.1) is 0 Å². The Hall–Kier alpha value is -1.39. The number of carbonyl (C=O) groups excluding carboxylic acids is 1. The van der Waals surface area contributed by atoms with E-state index in [9.17, 15) is 4.79 Å². The maximum atomic E-state index is 11.7. The molecular weight excluding hydrogens is 228 g/mol. The third-order valence-corrected chi connectivity index (χ3v) is 2.96. The van der Waals surface area contributed by atoms with Gasteiger partial charge in [0, 0.05) is 19.7 Å². The first kappa shape index (κ1) is 14.7. The number of likely N-dealkylation sites (N-methyl/N-ethyl adjacent to an activating group) is 1. The van der Waals surface area contributed by atoms with E-state index in [0.29, 0.717) is 19.7 Å². The van der Waals surface area contributed by atoms with Crippen molar-refractivity contribution in [3.8, 4) is 0 Å². The predicted molar refractivity (Wildman–Crippen MR) is 72.4 cm³/mol. The summed E-state index contributed by atoms with van der Waals surface area (Å²) >= 11 is 0. The van der Waals surface area contributed by atoms with Gasteiger partial charge in [-0.3, -0.25) is 9.69 Å². The normalized spacial score (nSPS) is 12.4. The van der Waals surface area contributed by atoms with Gasteiger partial charge in [0.05, 0.1) is 13.2 Å². The molecule has 1 rings (SSSR count). The van der Waals surface area contributed by atoms with E-state index >= 15 is 0 Å². The van der Waals surface area contributed by atoms with Gasteiger partial charge in [-0.2, -0.15) is 0 Å². The summed E-state index contributed by atoms with van der Waals surface area (Å²) in [5.41, 5.74) is 1.21. The SMILES string of the molecule is COCCNC(=O)CN(C)C(C)c1ccccc1. The van der Waals surface area contributed by atoms with Crippen LogP contribution >= 0.6 is 0 Å². The largest absolute Gasteiger partial charge is 0.383 e. The monoisotopic (exact) mass is 250 g/mol. The Labute approximate surface area is 109 Å². The highest BCUT2D eigenvalue weighted by Gasteiger charge is 2.14. The summed E-state index contributed by atoms with van der Waals surface area (Å²) in [5.74, 6) is 0.0253. The lowest BCUT2D eigenvalue weighted by Gasteiger charge is -2.24. The lowest BCUT2D eigenvalue weighted by atomic mass is 10.1. The van der Waals surface area contributed by atoms with E-state index in [2.05, 4.69) is 24.4 Å². The summed E-state index contributed by atoms with van der Waals surface area (Å²) in [6.45, 7) is 3.59. The fourth-order valence-corrected chi connectivity index (χ4v) is 1.70. The number of ether oxygens (including phenoxy) is 1. The van der Waals surface area contributed by atoms with Crippen molar-refractivity contribution in [3.63, 3.8) is 0 Å². The van der Waals surface area contributed by atoms with Crippen LogP contribution in [0.1, 0.15) is 18.5 Å². The molecule has 1 atom stereocenters. The summed E-state index contributed by atoms with van der Waals surface area (Å²) in [5, 5.41) is 2.82. The van der Waals surface area contributed by atoms with Crippen molar-refractivity contribution < 1.29 is 9.53 Å². The van der Waals surface area contributed by atoms with Crippen LogP contribution in [0.15, 0.2) is 30.3 Å². The van der Waals surface area contributed by atoms with Gasteiger partial charge >= 0.3 is 0 Å². The van der Waals surface area contributed by atoms with Crippen molar-refractivity contribution in [2.75, 3.05) is 33.9 Å². The van der Waals surface area contributed by atoms with Gasteiger partial charge in [0.2, 0.25) is 5.91 Å². The molecule has 1 aromatic carbocycles. The molecule has 0 fully saturated rings. The molecule has 0 saturated carbocycles. The molecule has 100 valence electrons. The maximum absolute atomic E-state index is 11.7. The topological polar surface area (TPSA) is 41.6 Å². The van der Waals surface area contributed by atoms with E-state index < -0.39 is 0 Å². The second-order valence-corrected chi connectivity index (χ2v) is 4.34. The first-order valence-electron chi connectivity index (χ1n) is 6.16. The molecule has 4 nitrogen and oxygen atoms in total. The zero-order valence-corrected chi connectivity index (χ0v) is 11.3. The number of amides is 1. The summed E-state index contributed by atoms with van der Waals surface area (Å²) in [7, 11) is 3.57. The minimum absolute atomic E-state index is 0.0253. The average molecular weight is 250 g/mol. The van der Waals surface area contributed by atoms with Gasteiger partial charge in [-0.1, -0.05) is 30.3 Å². The molecule has 0 aliphatic rings. The van der Waals surface area contributed by atoms with Gasteiger partial charge < -0.3 is 10.1 Å². The van der Waals surface area contributed by atoms with Crippen LogP contribution in [0.4, 0.5) is 0 Å². The van der Waals surface area contributed by atoms with Gasteiger partial charge in [0.15, 0.2) is 0 Å². The molecule has 0 spiro atoms. The average Bonchev–Trinajstić information content (AvgIpc) is 2.39. The summed E-state index contributed by atoms with van der Waals surface area (Å²) in [4.78, 5) is 13.7. The quantitative estimate of drug-likeness (QED) is 0.745. The zero-order chi connectivity index (χ0) is 13.4. The number of carbonyl (C=O) groups is 1. The molecule has 1 amide bonds. The molecule has 18 heavy (non-hydrogen) atoms. The minimum Gasteiger partial charge on any atom is -0.383 e. The first-order chi connectivity index (χ1) is 8.65. The molecule has 0 radical (unpaired) electrons. The Morgan fingerprint density at radius 3 is 2.67 bits per heavy atom. The molecule has 0 heterocycles. The smallest absolute Gasteiger partial charge is 0.234 e. The van der Waals surface area contributed by atoms with Gasteiger partial charge in [-0.25, -0.2) is 0 Å². The lowest BCUT2D eigenvalue weighted by Crippen LogP contribution is -2.37. The van der Waals surface area contributed by atoms with E-state index in [0.717, 1.165) is 0 Å². The molecular formula is C14H22N2O2. The summed E-state index contributed by atoms with van der Waals surface area (Å²) in [6, 6.07) is 10.4. The molecule has 0 aromatic heterocycles. The van der Waals surface area contributed by atoms with Gasteiger partial charge in [0.25, 0.3) is 0 Å². The third kappa shape index (κ3) is 4.85. The Kier molecular flexibility index (Phi) is 6.39. The molecule has 1 unspecified atom stereocenters. The predicted octanol–water partition coefficient (Wildman–Crippen LogP) is 1.44. The molecule has 0 saturated heterocycles. The Morgan fingerprint density at radius 2 is 2.06 bits per heavy atom. The Morgan fingerprint density at radius 1 is 1.39 bits per heavy atom. The van der Waals surface area contributed by atoms with Crippen LogP contribution in [0, 0.1) is 0 Å². The second kappa shape index (κ2) is 7.84. The highest BCUT2D eigenvalue weighted by Crippen LogP contribution is 2.17. The van der Waals surface area contributed by atoms with Crippen molar-refractivity contribution >= 4 is 5.91 Å². The number of nitrogens with one attached hydrogen (secondary N) is 1. The highest BCUT2D eigenvalue weighted by atomic mass is 16.5. The molecule has 4 heteroatoms. The number of nitrogens with zero attached hydrogens (tertiary/aromatic N) is 1.